The lowest BCUT2D eigenvalue weighted by Gasteiger charge is -2.43. The molecule has 6 heteroatoms. The van der Waals surface area contributed by atoms with E-state index < -0.39 is 5.41 Å². The minimum atomic E-state index is -0.479. The van der Waals surface area contributed by atoms with Crippen molar-refractivity contribution in [3.8, 4) is 0 Å². The van der Waals surface area contributed by atoms with Crippen molar-refractivity contribution in [2.24, 2.45) is 11.1 Å². The van der Waals surface area contributed by atoms with Crippen LogP contribution in [-0.2, 0) is 16.0 Å². The van der Waals surface area contributed by atoms with Gasteiger partial charge < -0.3 is 15.5 Å². The molecule has 1 aromatic rings. The molecular weight excluding hydrogens is 350 g/mol. The van der Waals surface area contributed by atoms with E-state index >= 15 is 0 Å². The second-order valence-corrected chi connectivity index (χ2v) is 7.62. The molecule has 144 valence electrons. The number of rotatable bonds is 6. The molecule has 1 saturated heterocycles. The molecule has 1 fully saturated rings. The Hall–Kier alpha value is -1.59. The lowest BCUT2D eigenvalue weighted by molar-refractivity contribution is -0.149. The number of nitrogens with two attached hydrogens (primary N) is 1. The van der Waals surface area contributed by atoms with Crippen molar-refractivity contribution in [2.45, 2.75) is 46.1 Å². The number of carbonyl (C=O) groups excluding carboxylic acids is 2. The summed E-state index contributed by atoms with van der Waals surface area (Å²) in [6, 6.07) is 7.37. The number of carbonyl (C=O) groups is 2. The third kappa shape index (κ3) is 4.38. The SMILES string of the molecule is CCC(CC)(CN)C(=O)N1CCN(C(=O)Cc2cccc(Cl)c2)C(C)C1. The van der Waals surface area contributed by atoms with Crippen molar-refractivity contribution >= 4 is 23.4 Å². The van der Waals surface area contributed by atoms with Gasteiger partial charge in [0.1, 0.15) is 0 Å². The van der Waals surface area contributed by atoms with Crippen LogP contribution in [0.4, 0.5) is 0 Å². The largest absolute Gasteiger partial charge is 0.338 e. The van der Waals surface area contributed by atoms with Gasteiger partial charge in [0, 0.05) is 37.2 Å². The third-order valence-electron chi connectivity index (χ3n) is 5.68. The molecule has 1 unspecified atom stereocenters. The Kier molecular flexibility index (Phi) is 7.07. The summed E-state index contributed by atoms with van der Waals surface area (Å²) >= 11 is 6.00. The van der Waals surface area contributed by atoms with Crippen molar-refractivity contribution in [1.82, 2.24) is 9.80 Å². The number of piperazine rings is 1. The molecule has 0 bridgehead atoms. The van der Waals surface area contributed by atoms with Gasteiger partial charge >= 0.3 is 0 Å². The smallest absolute Gasteiger partial charge is 0.230 e. The van der Waals surface area contributed by atoms with Gasteiger partial charge in [0.05, 0.1) is 11.8 Å². The molecule has 0 aromatic heterocycles. The van der Waals surface area contributed by atoms with E-state index in [0.29, 0.717) is 37.6 Å². The van der Waals surface area contributed by atoms with Crippen LogP contribution in [0.1, 0.15) is 39.2 Å². The average Bonchev–Trinajstić information content (AvgIpc) is 2.63. The Balaban J connectivity index is 2.01. The molecule has 0 aliphatic carbocycles. The highest BCUT2D eigenvalue weighted by molar-refractivity contribution is 6.30. The van der Waals surface area contributed by atoms with Crippen molar-refractivity contribution in [2.75, 3.05) is 26.2 Å². The molecule has 0 radical (unpaired) electrons. The number of hydrogen-bond acceptors (Lipinski definition) is 3. The quantitative estimate of drug-likeness (QED) is 0.826. The van der Waals surface area contributed by atoms with Crippen molar-refractivity contribution in [1.29, 1.82) is 0 Å². The molecule has 0 saturated carbocycles. The fourth-order valence-electron chi connectivity index (χ4n) is 3.70. The van der Waals surface area contributed by atoms with Crippen LogP contribution >= 0.6 is 11.6 Å². The van der Waals surface area contributed by atoms with Crippen molar-refractivity contribution in [3.05, 3.63) is 34.9 Å². The molecular formula is C20H30ClN3O2. The first kappa shape index (κ1) is 20.7. The van der Waals surface area contributed by atoms with Gasteiger partial charge in [-0.3, -0.25) is 9.59 Å². The van der Waals surface area contributed by atoms with Crippen LogP contribution in [0.2, 0.25) is 5.02 Å². The summed E-state index contributed by atoms with van der Waals surface area (Å²) in [6.45, 7) is 8.07. The first-order valence-electron chi connectivity index (χ1n) is 9.40. The van der Waals surface area contributed by atoms with Crippen molar-refractivity contribution in [3.63, 3.8) is 0 Å². The van der Waals surface area contributed by atoms with Crippen LogP contribution in [0.15, 0.2) is 24.3 Å². The van der Waals surface area contributed by atoms with Crippen LogP contribution in [0, 0.1) is 5.41 Å². The standard InChI is InChI=1S/C20H30ClN3O2/c1-4-20(5-2,14-22)19(26)23-9-10-24(15(3)13-23)18(25)12-16-7-6-8-17(21)11-16/h6-8,11,15H,4-5,9-10,12-14,22H2,1-3H3. The van der Waals surface area contributed by atoms with E-state index in [-0.39, 0.29) is 17.9 Å². The molecule has 0 spiro atoms. The van der Waals surface area contributed by atoms with Gasteiger partial charge in [0.25, 0.3) is 0 Å². The van der Waals surface area contributed by atoms with Gasteiger partial charge in [0.15, 0.2) is 0 Å². The summed E-state index contributed by atoms with van der Waals surface area (Å²) in [6.07, 6.45) is 1.80. The van der Waals surface area contributed by atoms with Gasteiger partial charge in [-0.2, -0.15) is 0 Å². The molecule has 2 amide bonds. The Labute approximate surface area is 161 Å². The van der Waals surface area contributed by atoms with E-state index in [4.69, 9.17) is 17.3 Å². The zero-order valence-electron chi connectivity index (χ0n) is 16.0. The fourth-order valence-corrected chi connectivity index (χ4v) is 3.91. The molecule has 5 nitrogen and oxygen atoms in total. The summed E-state index contributed by atoms with van der Waals surface area (Å²) in [7, 11) is 0. The van der Waals surface area contributed by atoms with E-state index in [1.165, 1.54) is 0 Å². The molecule has 1 aliphatic heterocycles. The molecule has 26 heavy (non-hydrogen) atoms. The highest BCUT2D eigenvalue weighted by atomic mass is 35.5. The number of amides is 2. The molecule has 2 N–H and O–H groups in total. The minimum Gasteiger partial charge on any atom is -0.338 e. The summed E-state index contributed by atoms with van der Waals surface area (Å²) < 4.78 is 0. The monoisotopic (exact) mass is 379 g/mol. The van der Waals surface area contributed by atoms with Gasteiger partial charge in [-0.15, -0.1) is 0 Å². The summed E-state index contributed by atoms with van der Waals surface area (Å²) in [5.41, 5.74) is 6.35. The molecule has 2 rings (SSSR count). The van der Waals surface area contributed by atoms with Crippen LogP contribution in [-0.4, -0.2) is 53.8 Å². The number of halogens is 1. The predicted molar refractivity (Wildman–Crippen MR) is 105 cm³/mol. The molecule has 1 aliphatic rings. The highest BCUT2D eigenvalue weighted by Gasteiger charge is 2.39. The maximum absolute atomic E-state index is 13.0. The topological polar surface area (TPSA) is 66.6 Å². The predicted octanol–water partition coefficient (Wildman–Crippen LogP) is 2.71. The number of hydrogen-bond donors (Lipinski definition) is 1. The van der Waals surface area contributed by atoms with E-state index in [2.05, 4.69) is 0 Å². The fraction of sp³-hybridized carbons (Fsp3) is 0.600. The number of nitrogens with zero attached hydrogens (tertiary/aromatic N) is 2. The van der Waals surface area contributed by atoms with Gasteiger partial charge in [0.2, 0.25) is 11.8 Å². The summed E-state index contributed by atoms with van der Waals surface area (Å²) in [5.74, 6) is 0.196. The van der Waals surface area contributed by atoms with Crippen LogP contribution in [0.5, 0.6) is 0 Å². The first-order valence-corrected chi connectivity index (χ1v) is 9.78. The first-order chi connectivity index (χ1) is 12.4. The Morgan fingerprint density at radius 1 is 1.27 bits per heavy atom. The average molecular weight is 380 g/mol. The number of benzene rings is 1. The zero-order valence-corrected chi connectivity index (χ0v) is 16.8. The molecule has 1 aromatic carbocycles. The van der Waals surface area contributed by atoms with E-state index in [1.54, 1.807) is 6.07 Å². The zero-order chi connectivity index (χ0) is 19.3. The second-order valence-electron chi connectivity index (χ2n) is 7.19. The summed E-state index contributed by atoms with van der Waals surface area (Å²) in [5, 5.41) is 0.635. The van der Waals surface area contributed by atoms with E-state index in [9.17, 15) is 9.59 Å². The third-order valence-corrected chi connectivity index (χ3v) is 5.91. The summed E-state index contributed by atoms with van der Waals surface area (Å²) in [4.78, 5) is 29.4. The van der Waals surface area contributed by atoms with Crippen LogP contribution in [0.25, 0.3) is 0 Å². The van der Waals surface area contributed by atoms with E-state index in [0.717, 1.165) is 18.4 Å². The Morgan fingerprint density at radius 2 is 1.96 bits per heavy atom. The van der Waals surface area contributed by atoms with E-state index in [1.807, 2.05) is 48.8 Å². The normalized spacial score (nSPS) is 18.1. The Bertz CT molecular complexity index is 637. The molecule has 1 atom stereocenters. The lowest BCUT2D eigenvalue weighted by atomic mass is 9.80. The maximum atomic E-state index is 13.0. The maximum Gasteiger partial charge on any atom is 0.230 e. The minimum absolute atomic E-state index is 0.0106. The molecule has 1 heterocycles. The van der Waals surface area contributed by atoms with Gasteiger partial charge in [-0.1, -0.05) is 37.6 Å². The van der Waals surface area contributed by atoms with Crippen molar-refractivity contribution < 1.29 is 9.59 Å². The van der Waals surface area contributed by atoms with Gasteiger partial charge in [-0.25, -0.2) is 0 Å². The van der Waals surface area contributed by atoms with Gasteiger partial charge in [-0.05, 0) is 37.5 Å². The lowest BCUT2D eigenvalue weighted by Crippen LogP contribution is -2.59. The second kappa shape index (κ2) is 8.87. The van der Waals surface area contributed by atoms with Crippen LogP contribution < -0.4 is 5.73 Å². The Morgan fingerprint density at radius 3 is 2.50 bits per heavy atom. The van der Waals surface area contributed by atoms with Crippen LogP contribution in [0.3, 0.4) is 0 Å². The highest BCUT2D eigenvalue weighted by Crippen LogP contribution is 2.29.